The number of nitrogens with one attached hydrogen (secondary N) is 1. The lowest BCUT2D eigenvalue weighted by atomic mass is 9.86. The zero-order valence-corrected chi connectivity index (χ0v) is 13.8. The van der Waals surface area contributed by atoms with Crippen molar-refractivity contribution < 1.29 is 9.90 Å². The van der Waals surface area contributed by atoms with E-state index in [0.29, 0.717) is 10.8 Å². The van der Waals surface area contributed by atoms with Gasteiger partial charge in [0.2, 0.25) is 5.91 Å². The van der Waals surface area contributed by atoms with Crippen LogP contribution in [0.25, 0.3) is 11.0 Å². The molecule has 7 heteroatoms. The summed E-state index contributed by atoms with van der Waals surface area (Å²) in [6.45, 7) is 2.10. The molecule has 0 spiro atoms. The molecule has 1 aliphatic carbocycles. The third-order valence-electron chi connectivity index (χ3n) is 4.41. The molecular weight excluding hydrogens is 322 g/mol. The van der Waals surface area contributed by atoms with Crippen LogP contribution in [0.15, 0.2) is 17.7 Å². The van der Waals surface area contributed by atoms with Crippen molar-refractivity contribution in [1.82, 2.24) is 14.7 Å². The molecule has 2 atom stereocenters. The molecule has 2 heterocycles. The van der Waals surface area contributed by atoms with Gasteiger partial charge in [-0.3, -0.25) is 9.20 Å². The molecule has 3 rings (SSSR count). The first-order chi connectivity index (χ1) is 10.5. The monoisotopic (exact) mass is 339 g/mol. The summed E-state index contributed by atoms with van der Waals surface area (Å²) >= 11 is 7.58. The van der Waals surface area contributed by atoms with Crippen LogP contribution >= 0.6 is 22.9 Å². The van der Waals surface area contributed by atoms with Gasteiger partial charge in [-0.05, 0) is 18.9 Å². The van der Waals surface area contributed by atoms with Crippen LogP contribution in [-0.4, -0.2) is 33.0 Å². The van der Waals surface area contributed by atoms with E-state index in [1.165, 1.54) is 17.4 Å². The van der Waals surface area contributed by atoms with Crippen molar-refractivity contribution in [2.45, 2.75) is 32.2 Å². The van der Waals surface area contributed by atoms with Crippen molar-refractivity contribution in [1.29, 1.82) is 0 Å². The summed E-state index contributed by atoms with van der Waals surface area (Å²) in [5, 5.41) is 14.8. The molecule has 1 aliphatic rings. The lowest BCUT2D eigenvalue weighted by Gasteiger charge is -2.29. The smallest absolute Gasteiger partial charge is 0.244 e. The van der Waals surface area contributed by atoms with Crippen LogP contribution in [0.5, 0.6) is 0 Å². The highest BCUT2D eigenvalue weighted by Gasteiger charge is 2.38. The second-order valence-corrected chi connectivity index (χ2v) is 7.17. The topological polar surface area (TPSA) is 66.6 Å². The first-order valence-electron chi connectivity index (χ1n) is 7.24. The maximum Gasteiger partial charge on any atom is 0.244 e. The summed E-state index contributed by atoms with van der Waals surface area (Å²) < 4.78 is 1.85. The van der Waals surface area contributed by atoms with Gasteiger partial charge in [0.05, 0.1) is 12.3 Å². The molecule has 0 bridgehead atoms. The number of hydrogen-bond donors (Lipinski definition) is 2. The Balaban J connectivity index is 1.71. The highest BCUT2D eigenvalue weighted by molar-refractivity contribution is 7.15. The Morgan fingerprint density at radius 3 is 3.32 bits per heavy atom. The number of nitrogens with zero attached hydrogens (tertiary/aromatic N) is 2. The standard InChI is InChI=1S/C15H18ClN3O2S/c1-15(9-20)6-2-3-11(15)17-12(21)5-4-10-13(16)18-14-19(10)7-8-22-14/h4-5,7-8,11,20H,2-3,6,9H2,1H3,(H,17,21)/b5-4+. The number of carbonyl (C=O) groups is 1. The molecule has 22 heavy (non-hydrogen) atoms. The first-order valence-corrected chi connectivity index (χ1v) is 8.50. The zero-order chi connectivity index (χ0) is 15.7. The predicted molar refractivity (Wildman–Crippen MR) is 88.1 cm³/mol. The minimum absolute atomic E-state index is 0.0109. The third-order valence-corrected chi connectivity index (χ3v) is 5.44. The number of halogens is 1. The summed E-state index contributed by atoms with van der Waals surface area (Å²) in [5.74, 6) is -0.173. The molecule has 1 amide bonds. The van der Waals surface area contributed by atoms with Crippen LogP contribution in [-0.2, 0) is 4.79 Å². The van der Waals surface area contributed by atoms with Crippen LogP contribution in [0.1, 0.15) is 31.9 Å². The molecule has 1 saturated carbocycles. The first kappa shape index (κ1) is 15.5. The third kappa shape index (κ3) is 2.78. The second kappa shape index (κ2) is 6.02. The summed E-state index contributed by atoms with van der Waals surface area (Å²) in [6.07, 6.45) is 7.88. The van der Waals surface area contributed by atoms with Gasteiger partial charge in [0.15, 0.2) is 10.1 Å². The average molecular weight is 340 g/mol. The fourth-order valence-corrected chi connectivity index (χ4v) is 3.97. The maximum atomic E-state index is 12.1. The molecule has 5 nitrogen and oxygen atoms in total. The van der Waals surface area contributed by atoms with Gasteiger partial charge in [-0.2, -0.15) is 0 Å². The molecule has 2 N–H and O–H groups in total. The van der Waals surface area contributed by atoms with Crippen molar-refractivity contribution in [2.75, 3.05) is 6.61 Å². The van der Waals surface area contributed by atoms with E-state index < -0.39 is 0 Å². The Kier molecular flexibility index (Phi) is 4.25. The van der Waals surface area contributed by atoms with Crippen LogP contribution in [0, 0.1) is 5.41 Å². The summed E-state index contributed by atoms with van der Waals surface area (Å²) in [6, 6.07) is 0.0109. The Labute approximate surface area is 137 Å². The van der Waals surface area contributed by atoms with E-state index in [9.17, 15) is 9.90 Å². The van der Waals surface area contributed by atoms with Crippen molar-refractivity contribution in [2.24, 2.45) is 5.41 Å². The van der Waals surface area contributed by atoms with E-state index >= 15 is 0 Å². The Morgan fingerprint density at radius 1 is 1.73 bits per heavy atom. The van der Waals surface area contributed by atoms with E-state index in [4.69, 9.17) is 11.6 Å². The van der Waals surface area contributed by atoms with E-state index in [0.717, 1.165) is 24.2 Å². The zero-order valence-electron chi connectivity index (χ0n) is 12.3. The Morgan fingerprint density at radius 2 is 2.55 bits per heavy atom. The number of hydrogen-bond acceptors (Lipinski definition) is 4. The van der Waals surface area contributed by atoms with E-state index in [1.807, 2.05) is 22.9 Å². The van der Waals surface area contributed by atoms with E-state index in [1.54, 1.807) is 6.08 Å². The van der Waals surface area contributed by atoms with Crippen molar-refractivity contribution in [3.63, 3.8) is 0 Å². The fraction of sp³-hybridized carbons (Fsp3) is 0.467. The number of fused-ring (bicyclic) bond motifs is 1. The van der Waals surface area contributed by atoms with Crippen molar-refractivity contribution >= 4 is 39.9 Å². The lowest BCUT2D eigenvalue weighted by molar-refractivity contribution is -0.117. The molecule has 0 saturated heterocycles. The Hall–Kier alpha value is -1.37. The van der Waals surface area contributed by atoms with E-state index in [2.05, 4.69) is 10.3 Å². The van der Waals surface area contributed by atoms with Gasteiger partial charge in [0, 0.05) is 29.1 Å². The molecule has 2 aromatic heterocycles. The van der Waals surface area contributed by atoms with Gasteiger partial charge < -0.3 is 10.4 Å². The van der Waals surface area contributed by atoms with Gasteiger partial charge in [0.25, 0.3) is 0 Å². The maximum absolute atomic E-state index is 12.1. The molecule has 0 aromatic carbocycles. The largest absolute Gasteiger partial charge is 0.396 e. The second-order valence-electron chi connectivity index (χ2n) is 5.94. The molecular formula is C15H18ClN3O2S. The molecule has 118 valence electrons. The van der Waals surface area contributed by atoms with Gasteiger partial charge in [0.1, 0.15) is 0 Å². The number of thiazole rings is 1. The lowest BCUT2D eigenvalue weighted by Crippen LogP contribution is -2.44. The molecule has 2 aromatic rings. The summed E-state index contributed by atoms with van der Waals surface area (Å²) in [5.41, 5.74) is 0.475. The molecule has 0 radical (unpaired) electrons. The average Bonchev–Trinajstić information content (AvgIpc) is 3.14. The van der Waals surface area contributed by atoms with Gasteiger partial charge >= 0.3 is 0 Å². The molecule has 1 fully saturated rings. The number of amides is 1. The summed E-state index contributed by atoms with van der Waals surface area (Å²) in [4.78, 5) is 17.2. The van der Waals surface area contributed by atoms with Crippen LogP contribution in [0.3, 0.4) is 0 Å². The summed E-state index contributed by atoms with van der Waals surface area (Å²) in [7, 11) is 0. The quantitative estimate of drug-likeness (QED) is 0.842. The highest BCUT2D eigenvalue weighted by atomic mass is 35.5. The van der Waals surface area contributed by atoms with Gasteiger partial charge in [-0.1, -0.05) is 24.9 Å². The molecule has 2 unspecified atom stereocenters. The highest BCUT2D eigenvalue weighted by Crippen LogP contribution is 2.37. The normalized spacial score (nSPS) is 25.3. The number of aliphatic hydroxyl groups excluding tert-OH is 1. The Bertz CT molecular complexity index is 724. The number of aromatic nitrogens is 2. The van der Waals surface area contributed by atoms with Gasteiger partial charge in [-0.15, -0.1) is 11.3 Å². The van der Waals surface area contributed by atoms with Crippen LogP contribution < -0.4 is 5.32 Å². The number of imidazole rings is 1. The molecule has 0 aliphatic heterocycles. The fourth-order valence-electron chi connectivity index (χ4n) is 2.97. The van der Waals surface area contributed by atoms with Gasteiger partial charge in [-0.25, -0.2) is 4.98 Å². The number of aliphatic hydroxyl groups is 1. The minimum atomic E-state index is -0.224. The van der Waals surface area contributed by atoms with Crippen molar-refractivity contribution in [3.8, 4) is 0 Å². The number of rotatable bonds is 4. The van der Waals surface area contributed by atoms with Crippen molar-refractivity contribution in [3.05, 3.63) is 28.5 Å². The number of carbonyl (C=O) groups excluding carboxylic acids is 1. The van der Waals surface area contributed by atoms with E-state index in [-0.39, 0.29) is 24.0 Å². The SMILES string of the molecule is CC1(CO)CCCC1NC(=O)/C=C/c1c(Cl)nc2sccn12. The van der Waals surface area contributed by atoms with Crippen LogP contribution in [0.4, 0.5) is 0 Å². The van der Waals surface area contributed by atoms with Crippen LogP contribution in [0.2, 0.25) is 5.15 Å². The predicted octanol–water partition coefficient (Wildman–Crippen LogP) is 2.73. The minimum Gasteiger partial charge on any atom is -0.396 e.